The number of aliphatic hydroxyl groups excluding tert-OH is 1. The molecule has 1 unspecified atom stereocenters. The summed E-state index contributed by atoms with van der Waals surface area (Å²) in [5.41, 5.74) is -3.66. The average Bonchev–Trinajstić information content (AvgIpc) is 3.19. The Labute approximate surface area is 226 Å². The highest BCUT2D eigenvalue weighted by Crippen LogP contribution is 2.39. The van der Waals surface area contributed by atoms with Gasteiger partial charge in [0.2, 0.25) is 0 Å². The Morgan fingerprint density at radius 2 is 1.48 bits per heavy atom. The van der Waals surface area contributed by atoms with Crippen molar-refractivity contribution in [2.24, 2.45) is 7.05 Å². The Bertz CT molecular complexity index is 1720. The number of benzene rings is 2. The van der Waals surface area contributed by atoms with E-state index in [1.165, 1.54) is 7.05 Å². The van der Waals surface area contributed by atoms with Crippen molar-refractivity contribution in [3.8, 4) is 34.4 Å². The molecule has 2 aromatic heterocycles. The molecular formula is C23H15F9N4O6. The Morgan fingerprint density at radius 1 is 0.881 bits per heavy atom. The van der Waals surface area contributed by atoms with Gasteiger partial charge in [0, 0.05) is 12.6 Å². The first-order valence-corrected chi connectivity index (χ1v) is 11.2. The number of aromatic amines is 1. The molecule has 0 spiro atoms. The third-order valence-electron chi connectivity index (χ3n) is 5.46. The van der Waals surface area contributed by atoms with Gasteiger partial charge in [-0.3, -0.25) is 14.3 Å². The van der Waals surface area contributed by atoms with Crippen LogP contribution in [0, 0.1) is 0 Å². The summed E-state index contributed by atoms with van der Waals surface area (Å²) in [4.78, 5) is 30.4. The number of fused-ring (bicyclic) bond motifs is 1. The van der Waals surface area contributed by atoms with Gasteiger partial charge in [0.15, 0.2) is 28.8 Å². The van der Waals surface area contributed by atoms with Gasteiger partial charge in [-0.25, -0.2) is 9.78 Å². The lowest BCUT2D eigenvalue weighted by molar-refractivity contribution is -0.275. The molecule has 0 saturated heterocycles. The lowest BCUT2D eigenvalue weighted by Gasteiger charge is -2.15. The highest BCUT2D eigenvalue weighted by Gasteiger charge is 2.39. The average molecular weight is 614 g/mol. The largest absolute Gasteiger partial charge is 0.573 e. The van der Waals surface area contributed by atoms with Crippen LogP contribution in [0.25, 0.3) is 22.6 Å². The van der Waals surface area contributed by atoms with E-state index in [2.05, 4.69) is 14.5 Å². The number of nitrogens with one attached hydrogen (secondary N) is 1. The van der Waals surface area contributed by atoms with Crippen molar-refractivity contribution in [1.29, 1.82) is 0 Å². The third-order valence-corrected chi connectivity index (χ3v) is 5.46. The first-order valence-electron chi connectivity index (χ1n) is 11.2. The van der Waals surface area contributed by atoms with Crippen LogP contribution < -0.4 is 25.5 Å². The summed E-state index contributed by atoms with van der Waals surface area (Å²) >= 11 is 0. The maximum Gasteiger partial charge on any atom is 0.573 e. The summed E-state index contributed by atoms with van der Waals surface area (Å²) in [7, 11) is 1.19. The smallest absolute Gasteiger partial charge is 0.453 e. The summed E-state index contributed by atoms with van der Waals surface area (Å²) in [5.74, 6) is -2.69. The first-order chi connectivity index (χ1) is 19.3. The third kappa shape index (κ3) is 6.78. The second kappa shape index (κ2) is 10.6. The van der Waals surface area contributed by atoms with Gasteiger partial charge in [-0.1, -0.05) is 0 Å². The molecule has 0 fully saturated rings. The van der Waals surface area contributed by atoms with Crippen molar-refractivity contribution in [2.75, 3.05) is 0 Å². The standard InChI is InChI=1S/C23H15F9N4O6/c1-35-16-18(36(20(39)34-19(16)38)9-15(37)21(24,25)26)33-17(35)10-2-7-13(14(8-10)42-23(30,31)32)40-11-3-5-12(6-4-11)41-22(27,28)29/h2-8,15,37H,9H2,1H3,(H,34,38,39). The molecule has 10 nitrogen and oxygen atoms in total. The van der Waals surface area contributed by atoms with Gasteiger partial charge in [0.1, 0.15) is 17.3 Å². The molecule has 2 aromatic carbocycles. The number of hydrogen-bond acceptors (Lipinski definition) is 7. The molecule has 0 aliphatic rings. The second-order valence-corrected chi connectivity index (χ2v) is 8.42. The molecule has 19 heteroatoms. The number of rotatable bonds is 7. The molecule has 0 amide bonds. The number of hydrogen-bond donors (Lipinski definition) is 2. The van der Waals surface area contributed by atoms with E-state index >= 15 is 0 Å². The summed E-state index contributed by atoms with van der Waals surface area (Å²) in [6.45, 7) is -1.35. The SMILES string of the molecule is Cn1c(-c2ccc(Oc3ccc(OC(F)(F)F)cc3)c(OC(F)(F)F)c2)nc2c1c(=O)[nH]c(=O)n2CC(O)C(F)(F)F. The minimum atomic E-state index is -5.27. The van der Waals surface area contributed by atoms with Crippen LogP contribution in [0.2, 0.25) is 0 Å². The van der Waals surface area contributed by atoms with Crippen LogP contribution in [0.4, 0.5) is 39.5 Å². The highest BCUT2D eigenvalue weighted by atomic mass is 19.4. The zero-order valence-electron chi connectivity index (χ0n) is 20.6. The van der Waals surface area contributed by atoms with Crippen LogP contribution in [0.15, 0.2) is 52.1 Å². The van der Waals surface area contributed by atoms with Gasteiger partial charge in [0.05, 0.1) is 6.54 Å². The Kier molecular flexibility index (Phi) is 7.66. The zero-order valence-corrected chi connectivity index (χ0v) is 20.6. The molecule has 0 aliphatic carbocycles. The molecule has 4 rings (SSSR count). The predicted octanol–water partition coefficient (Wildman–Crippen LogP) is 4.60. The molecule has 0 aliphatic heterocycles. The summed E-state index contributed by atoms with van der Waals surface area (Å²) in [6, 6.07) is 6.47. The molecule has 0 radical (unpaired) electrons. The maximum absolute atomic E-state index is 13.2. The summed E-state index contributed by atoms with van der Waals surface area (Å²) in [6.07, 6.45) is -18.4. The molecule has 226 valence electrons. The van der Waals surface area contributed by atoms with Crippen LogP contribution in [-0.4, -0.2) is 49.2 Å². The van der Waals surface area contributed by atoms with E-state index in [1.54, 1.807) is 4.98 Å². The van der Waals surface area contributed by atoms with Gasteiger partial charge >= 0.3 is 24.6 Å². The molecular weight excluding hydrogens is 599 g/mol. The minimum Gasteiger partial charge on any atom is -0.453 e. The van der Waals surface area contributed by atoms with Crippen LogP contribution in [0.5, 0.6) is 23.0 Å². The number of aliphatic hydroxyl groups is 1. The van der Waals surface area contributed by atoms with E-state index in [4.69, 9.17) is 4.74 Å². The van der Waals surface area contributed by atoms with E-state index in [9.17, 15) is 54.2 Å². The van der Waals surface area contributed by atoms with Crippen LogP contribution in [0.3, 0.4) is 0 Å². The quantitative estimate of drug-likeness (QED) is 0.292. The number of nitrogens with zero attached hydrogens (tertiary/aromatic N) is 3. The fourth-order valence-corrected chi connectivity index (χ4v) is 3.72. The molecule has 0 saturated carbocycles. The number of H-pyrrole nitrogens is 1. The first kappa shape index (κ1) is 30.3. The summed E-state index contributed by atoms with van der Waals surface area (Å²) in [5, 5.41) is 9.44. The number of imidazole rings is 1. The Morgan fingerprint density at radius 3 is 2.05 bits per heavy atom. The monoisotopic (exact) mass is 614 g/mol. The van der Waals surface area contributed by atoms with Crippen molar-refractivity contribution in [2.45, 2.75) is 31.5 Å². The summed E-state index contributed by atoms with van der Waals surface area (Å²) < 4.78 is 130. The molecule has 1 atom stereocenters. The van der Waals surface area contributed by atoms with Crippen molar-refractivity contribution in [3.05, 3.63) is 63.3 Å². The predicted molar refractivity (Wildman–Crippen MR) is 123 cm³/mol. The Hall–Kier alpha value is -4.68. The van der Waals surface area contributed by atoms with E-state index < -0.39 is 71.2 Å². The second-order valence-electron chi connectivity index (χ2n) is 8.42. The fraction of sp³-hybridized carbons (Fsp3) is 0.261. The number of aromatic nitrogens is 4. The highest BCUT2D eigenvalue weighted by molar-refractivity contribution is 5.77. The van der Waals surface area contributed by atoms with Crippen LogP contribution in [0.1, 0.15) is 0 Å². The van der Waals surface area contributed by atoms with E-state index in [0.717, 1.165) is 47.0 Å². The van der Waals surface area contributed by atoms with Crippen molar-refractivity contribution in [1.82, 2.24) is 19.1 Å². The topological polar surface area (TPSA) is 121 Å². The van der Waals surface area contributed by atoms with Crippen LogP contribution >= 0.6 is 0 Å². The van der Waals surface area contributed by atoms with E-state index in [-0.39, 0.29) is 17.1 Å². The van der Waals surface area contributed by atoms with Gasteiger partial charge in [-0.15, -0.1) is 26.3 Å². The van der Waals surface area contributed by atoms with Gasteiger partial charge in [0.25, 0.3) is 5.56 Å². The van der Waals surface area contributed by atoms with Crippen molar-refractivity contribution in [3.63, 3.8) is 0 Å². The number of halogens is 9. The Balaban J connectivity index is 1.77. The number of ether oxygens (including phenoxy) is 3. The lowest BCUT2D eigenvalue weighted by atomic mass is 10.2. The van der Waals surface area contributed by atoms with Gasteiger partial charge in [-0.2, -0.15) is 13.2 Å². The normalized spacial score (nSPS) is 13.3. The minimum absolute atomic E-state index is 0.191. The zero-order chi connectivity index (χ0) is 31.2. The van der Waals surface area contributed by atoms with Crippen molar-refractivity contribution >= 4 is 11.2 Å². The molecule has 42 heavy (non-hydrogen) atoms. The van der Waals surface area contributed by atoms with E-state index in [1.807, 2.05) is 0 Å². The van der Waals surface area contributed by atoms with Gasteiger partial charge < -0.3 is 23.9 Å². The molecule has 4 aromatic rings. The number of aryl methyl sites for hydroxylation is 1. The molecule has 2 heterocycles. The maximum atomic E-state index is 13.2. The molecule has 0 bridgehead atoms. The molecule has 2 N–H and O–H groups in total. The number of alkyl halides is 9. The van der Waals surface area contributed by atoms with Gasteiger partial charge in [-0.05, 0) is 42.5 Å². The fourth-order valence-electron chi connectivity index (χ4n) is 3.72. The van der Waals surface area contributed by atoms with E-state index in [0.29, 0.717) is 4.57 Å². The van der Waals surface area contributed by atoms with Crippen LogP contribution in [-0.2, 0) is 13.6 Å². The van der Waals surface area contributed by atoms with Crippen molar-refractivity contribution < 1.29 is 58.8 Å². The lowest BCUT2D eigenvalue weighted by Crippen LogP contribution is -2.39.